The molecule has 0 aliphatic carbocycles. The van der Waals surface area contributed by atoms with Crippen LogP contribution in [0.3, 0.4) is 0 Å². The van der Waals surface area contributed by atoms with Gasteiger partial charge in [0.2, 0.25) is 5.16 Å². The van der Waals surface area contributed by atoms with Gasteiger partial charge in [0.25, 0.3) is 0 Å². The maximum atomic E-state index is 12.8. The zero-order valence-electron chi connectivity index (χ0n) is 15.1. The predicted molar refractivity (Wildman–Crippen MR) is 102 cm³/mol. The van der Waals surface area contributed by atoms with Gasteiger partial charge in [-0.05, 0) is 33.3 Å². The lowest BCUT2D eigenvalue weighted by Crippen LogP contribution is -2.15. The number of carbonyl (C=O) groups excluding carboxylic acids is 2. The number of thioether (sulfide) groups is 1. The summed E-state index contributed by atoms with van der Waals surface area (Å²) in [6.07, 6.45) is 0. The van der Waals surface area contributed by atoms with Crippen LogP contribution in [-0.4, -0.2) is 37.0 Å². The molecular formula is C19H20N4O2S. The van der Waals surface area contributed by atoms with Crippen molar-refractivity contribution in [1.82, 2.24) is 20.2 Å². The van der Waals surface area contributed by atoms with Crippen molar-refractivity contribution in [3.8, 4) is 11.4 Å². The summed E-state index contributed by atoms with van der Waals surface area (Å²) in [5, 5.41) is 7.22. The van der Waals surface area contributed by atoms with Gasteiger partial charge in [-0.3, -0.25) is 14.7 Å². The molecule has 2 heterocycles. The van der Waals surface area contributed by atoms with Crippen LogP contribution in [0, 0.1) is 13.8 Å². The number of aromatic nitrogens is 4. The SMILES string of the molecule is CC(=O)c1c(C)[nH]c(C(=O)[C@@H](C)Sc2n[nH]c(-c3ccccc3)n2)c1C. The first-order valence-corrected chi connectivity index (χ1v) is 9.15. The molecule has 0 amide bonds. The molecule has 2 aromatic heterocycles. The number of nitrogens with one attached hydrogen (secondary N) is 2. The first kappa shape index (κ1) is 18.1. The number of hydrogen-bond donors (Lipinski definition) is 2. The molecule has 0 aliphatic heterocycles. The molecule has 0 saturated heterocycles. The number of H-pyrrole nitrogens is 2. The van der Waals surface area contributed by atoms with E-state index in [1.807, 2.05) is 37.3 Å². The molecule has 0 bridgehead atoms. The molecule has 0 radical (unpaired) electrons. The van der Waals surface area contributed by atoms with Gasteiger partial charge in [-0.15, -0.1) is 5.10 Å². The van der Waals surface area contributed by atoms with Gasteiger partial charge in [0, 0.05) is 16.8 Å². The number of hydrogen-bond acceptors (Lipinski definition) is 5. The van der Waals surface area contributed by atoms with Gasteiger partial charge < -0.3 is 4.98 Å². The minimum Gasteiger partial charge on any atom is -0.355 e. The van der Waals surface area contributed by atoms with Gasteiger partial charge in [0.1, 0.15) is 0 Å². The molecule has 0 unspecified atom stereocenters. The fourth-order valence-electron chi connectivity index (χ4n) is 2.96. The Hall–Kier alpha value is -2.67. The lowest BCUT2D eigenvalue weighted by Gasteiger charge is -2.07. The molecule has 1 aromatic carbocycles. The van der Waals surface area contributed by atoms with Gasteiger partial charge in [-0.1, -0.05) is 42.1 Å². The fraction of sp³-hybridized carbons (Fsp3) is 0.263. The number of nitrogens with zero attached hydrogens (tertiary/aromatic N) is 2. The Bertz CT molecular complexity index is 959. The van der Waals surface area contributed by atoms with Crippen molar-refractivity contribution < 1.29 is 9.59 Å². The third kappa shape index (κ3) is 3.48. The van der Waals surface area contributed by atoms with Gasteiger partial charge in [-0.25, -0.2) is 4.98 Å². The zero-order chi connectivity index (χ0) is 18.8. The molecule has 1 atom stereocenters. The lowest BCUT2D eigenvalue weighted by molar-refractivity contribution is 0.0988. The average Bonchev–Trinajstić information content (AvgIpc) is 3.19. The normalized spacial score (nSPS) is 12.2. The van der Waals surface area contributed by atoms with Crippen molar-refractivity contribution in [3.05, 3.63) is 52.8 Å². The number of carbonyl (C=O) groups is 2. The Morgan fingerprint density at radius 1 is 1.15 bits per heavy atom. The number of aryl methyl sites for hydroxylation is 1. The number of ketones is 2. The van der Waals surface area contributed by atoms with E-state index >= 15 is 0 Å². The highest BCUT2D eigenvalue weighted by Crippen LogP contribution is 2.27. The lowest BCUT2D eigenvalue weighted by atomic mass is 10.0. The van der Waals surface area contributed by atoms with Crippen LogP contribution in [0.4, 0.5) is 0 Å². The highest BCUT2D eigenvalue weighted by molar-refractivity contribution is 8.00. The van der Waals surface area contributed by atoms with Crippen molar-refractivity contribution in [1.29, 1.82) is 0 Å². The molecule has 0 fully saturated rings. The quantitative estimate of drug-likeness (QED) is 0.507. The van der Waals surface area contributed by atoms with Crippen molar-refractivity contribution in [2.45, 2.75) is 38.1 Å². The predicted octanol–water partition coefficient (Wildman–Crippen LogP) is 3.98. The molecule has 0 spiro atoms. The van der Waals surface area contributed by atoms with E-state index in [9.17, 15) is 9.59 Å². The molecule has 2 N–H and O–H groups in total. The maximum Gasteiger partial charge on any atom is 0.209 e. The van der Waals surface area contributed by atoms with E-state index in [0.717, 1.165) is 11.3 Å². The second-order valence-electron chi connectivity index (χ2n) is 6.14. The van der Waals surface area contributed by atoms with Gasteiger partial charge >= 0.3 is 0 Å². The third-order valence-corrected chi connectivity index (χ3v) is 5.16. The zero-order valence-corrected chi connectivity index (χ0v) is 15.9. The largest absolute Gasteiger partial charge is 0.355 e. The van der Waals surface area contributed by atoms with Crippen LogP contribution in [-0.2, 0) is 0 Å². The summed E-state index contributed by atoms with van der Waals surface area (Å²) >= 11 is 1.29. The van der Waals surface area contributed by atoms with Gasteiger partial charge in [-0.2, -0.15) is 0 Å². The van der Waals surface area contributed by atoms with Gasteiger partial charge in [0.15, 0.2) is 17.4 Å². The average molecular weight is 368 g/mol. The van der Waals surface area contributed by atoms with E-state index < -0.39 is 0 Å². The number of rotatable bonds is 6. The van der Waals surface area contributed by atoms with Crippen molar-refractivity contribution in [2.75, 3.05) is 0 Å². The van der Waals surface area contributed by atoms with E-state index in [2.05, 4.69) is 20.2 Å². The summed E-state index contributed by atoms with van der Waals surface area (Å²) < 4.78 is 0. The highest BCUT2D eigenvalue weighted by Gasteiger charge is 2.25. The second-order valence-corrected chi connectivity index (χ2v) is 7.45. The first-order valence-electron chi connectivity index (χ1n) is 8.27. The van der Waals surface area contributed by atoms with Crippen LogP contribution >= 0.6 is 11.8 Å². The standard InChI is InChI=1S/C19H20N4O2S/c1-10-15(12(3)24)11(2)20-16(10)17(25)13(4)26-19-21-18(22-23-19)14-8-6-5-7-9-14/h5-9,13,20H,1-4H3,(H,21,22,23)/t13-/m1/s1. The third-order valence-electron chi connectivity index (χ3n) is 4.20. The summed E-state index contributed by atoms with van der Waals surface area (Å²) in [4.78, 5) is 32.1. The van der Waals surface area contributed by atoms with Crippen LogP contribution in [0.1, 0.15) is 46.0 Å². The van der Waals surface area contributed by atoms with Crippen molar-refractivity contribution >= 4 is 23.3 Å². The maximum absolute atomic E-state index is 12.8. The second kappa shape index (κ2) is 7.29. The van der Waals surface area contributed by atoms with E-state index in [4.69, 9.17) is 0 Å². The van der Waals surface area contributed by atoms with Crippen LogP contribution in [0.15, 0.2) is 35.5 Å². The molecule has 7 heteroatoms. The van der Waals surface area contributed by atoms with Crippen LogP contribution in [0.2, 0.25) is 0 Å². The number of aromatic amines is 2. The molecule has 0 saturated carbocycles. The molecule has 0 aliphatic rings. The van der Waals surface area contributed by atoms with E-state index in [1.165, 1.54) is 18.7 Å². The summed E-state index contributed by atoms with van der Waals surface area (Å²) in [5.74, 6) is 0.546. The van der Waals surface area contributed by atoms with Crippen molar-refractivity contribution in [2.24, 2.45) is 0 Å². The van der Waals surface area contributed by atoms with E-state index in [1.54, 1.807) is 13.8 Å². The Kier molecular flexibility index (Phi) is 5.08. The molecular weight excluding hydrogens is 348 g/mol. The number of benzene rings is 1. The number of Topliss-reactive ketones (excluding diaryl/α,β-unsaturated/α-hetero) is 2. The molecule has 26 heavy (non-hydrogen) atoms. The highest BCUT2D eigenvalue weighted by atomic mass is 32.2. The van der Waals surface area contributed by atoms with Crippen LogP contribution < -0.4 is 0 Å². The van der Waals surface area contributed by atoms with Crippen molar-refractivity contribution in [3.63, 3.8) is 0 Å². The summed E-state index contributed by atoms with van der Waals surface area (Å²) in [7, 11) is 0. The first-order chi connectivity index (χ1) is 12.4. The minimum atomic E-state index is -0.383. The molecule has 6 nitrogen and oxygen atoms in total. The minimum absolute atomic E-state index is 0.0444. The molecule has 134 valence electrons. The van der Waals surface area contributed by atoms with Gasteiger partial charge in [0.05, 0.1) is 10.9 Å². The molecule has 3 rings (SSSR count). The summed E-state index contributed by atoms with van der Waals surface area (Å²) in [6.45, 7) is 6.92. The monoisotopic (exact) mass is 368 g/mol. The van der Waals surface area contributed by atoms with E-state index in [0.29, 0.717) is 27.8 Å². The Balaban J connectivity index is 1.78. The Labute approximate surface area is 155 Å². The van der Waals surface area contributed by atoms with Crippen LogP contribution in [0.5, 0.6) is 0 Å². The Morgan fingerprint density at radius 3 is 2.46 bits per heavy atom. The molecule has 3 aromatic rings. The van der Waals surface area contributed by atoms with E-state index in [-0.39, 0.29) is 16.8 Å². The fourth-order valence-corrected chi connectivity index (χ4v) is 3.75. The Morgan fingerprint density at radius 2 is 1.85 bits per heavy atom. The smallest absolute Gasteiger partial charge is 0.209 e. The van der Waals surface area contributed by atoms with Crippen LogP contribution in [0.25, 0.3) is 11.4 Å². The summed E-state index contributed by atoms with van der Waals surface area (Å²) in [5.41, 5.74) is 3.43. The summed E-state index contributed by atoms with van der Waals surface area (Å²) in [6, 6.07) is 9.68. The topological polar surface area (TPSA) is 91.5 Å².